The zero-order chi connectivity index (χ0) is 19.2. The van der Waals surface area contributed by atoms with Crippen LogP contribution < -0.4 is 11.5 Å². The lowest BCUT2D eigenvalue weighted by atomic mass is 9.51. The van der Waals surface area contributed by atoms with Crippen LogP contribution in [-0.4, -0.2) is 6.04 Å². The highest BCUT2D eigenvalue weighted by atomic mass is 14.8. The van der Waals surface area contributed by atoms with E-state index in [-0.39, 0.29) is 16.9 Å². The first-order valence-electron chi connectivity index (χ1n) is 9.51. The normalized spacial score (nSPS) is 23.7. The van der Waals surface area contributed by atoms with E-state index in [0.29, 0.717) is 5.92 Å². The van der Waals surface area contributed by atoms with Gasteiger partial charge in [0.05, 0.1) is 0 Å². The van der Waals surface area contributed by atoms with E-state index in [9.17, 15) is 0 Å². The predicted octanol–water partition coefficient (Wildman–Crippen LogP) is 5.75. The molecule has 1 aliphatic rings. The standard InChI is InChI=1S/C24H34N2/c1-5-13-23(14-6-2)17-20(19-9-11-21(25)12-10-19)18-24(15-7-3,16-8-4)22(23)26/h5-12,20,22H,1-4,13-18,25-26H2. The van der Waals surface area contributed by atoms with E-state index < -0.39 is 0 Å². The Morgan fingerprint density at radius 2 is 1.19 bits per heavy atom. The van der Waals surface area contributed by atoms with E-state index in [4.69, 9.17) is 11.5 Å². The number of rotatable bonds is 9. The number of anilines is 1. The molecule has 26 heavy (non-hydrogen) atoms. The van der Waals surface area contributed by atoms with Gasteiger partial charge < -0.3 is 11.5 Å². The van der Waals surface area contributed by atoms with Crippen molar-refractivity contribution < 1.29 is 0 Å². The molecule has 1 aliphatic carbocycles. The molecular weight excluding hydrogens is 316 g/mol. The van der Waals surface area contributed by atoms with Gasteiger partial charge in [0.1, 0.15) is 0 Å². The Bertz CT molecular complexity index is 587. The topological polar surface area (TPSA) is 52.0 Å². The Morgan fingerprint density at radius 3 is 1.54 bits per heavy atom. The maximum Gasteiger partial charge on any atom is 0.0314 e. The average Bonchev–Trinajstić information content (AvgIpc) is 2.61. The number of nitrogens with two attached hydrogens (primary N) is 2. The van der Waals surface area contributed by atoms with Gasteiger partial charge in [0.15, 0.2) is 0 Å². The number of allylic oxidation sites excluding steroid dienone is 4. The minimum atomic E-state index is -0.0418. The molecule has 0 atom stereocenters. The summed E-state index contributed by atoms with van der Waals surface area (Å²) in [5.74, 6) is 0.426. The van der Waals surface area contributed by atoms with Crippen molar-refractivity contribution in [2.75, 3.05) is 5.73 Å². The highest BCUT2D eigenvalue weighted by molar-refractivity contribution is 5.40. The van der Waals surface area contributed by atoms with Crippen molar-refractivity contribution in [1.29, 1.82) is 0 Å². The third-order valence-electron chi connectivity index (χ3n) is 6.24. The van der Waals surface area contributed by atoms with Gasteiger partial charge in [-0.05, 0) is 73.0 Å². The number of hydrogen-bond donors (Lipinski definition) is 2. The minimum absolute atomic E-state index is 0.0418. The van der Waals surface area contributed by atoms with Crippen molar-refractivity contribution >= 4 is 5.69 Å². The highest BCUT2D eigenvalue weighted by Gasteiger charge is 2.52. The molecule has 2 heteroatoms. The molecule has 140 valence electrons. The summed E-state index contributed by atoms with van der Waals surface area (Å²) in [5, 5.41) is 0. The Labute approximate surface area is 159 Å². The molecule has 0 amide bonds. The van der Waals surface area contributed by atoms with Crippen molar-refractivity contribution in [3.8, 4) is 0 Å². The summed E-state index contributed by atoms with van der Waals surface area (Å²) in [7, 11) is 0. The Kier molecular flexibility index (Phi) is 6.66. The van der Waals surface area contributed by atoms with Crippen LogP contribution in [0.15, 0.2) is 74.9 Å². The zero-order valence-electron chi connectivity index (χ0n) is 16.0. The summed E-state index contributed by atoms with van der Waals surface area (Å²) in [4.78, 5) is 0. The van der Waals surface area contributed by atoms with Gasteiger partial charge in [-0.3, -0.25) is 0 Å². The molecule has 0 saturated heterocycles. The van der Waals surface area contributed by atoms with Crippen LogP contribution in [0.3, 0.4) is 0 Å². The quantitative estimate of drug-likeness (QED) is 0.440. The van der Waals surface area contributed by atoms with E-state index in [1.54, 1.807) is 0 Å². The monoisotopic (exact) mass is 350 g/mol. The summed E-state index contributed by atoms with van der Waals surface area (Å²) in [6.07, 6.45) is 13.7. The third kappa shape index (κ3) is 3.86. The molecule has 2 nitrogen and oxygen atoms in total. The smallest absolute Gasteiger partial charge is 0.0314 e. The summed E-state index contributed by atoms with van der Waals surface area (Å²) in [6, 6.07) is 8.36. The first-order valence-corrected chi connectivity index (χ1v) is 9.51. The third-order valence-corrected chi connectivity index (χ3v) is 6.24. The van der Waals surface area contributed by atoms with E-state index >= 15 is 0 Å². The molecule has 4 N–H and O–H groups in total. The molecule has 0 bridgehead atoms. The van der Waals surface area contributed by atoms with Gasteiger partial charge in [-0.1, -0.05) is 36.4 Å². The van der Waals surface area contributed by atoms with Crippen LogP contribution in [0.1, 0.15) is 50.0 Å². The van der Waals surface area contributed by atoms with Crippen LogP contribution in [0.25, 0.3) is 0 Å². The van der Waals surface area contributed by atoms with E-state index in [2.05, 4.69) is 38.4 Å². The van der Waals surface area contributed by atoms with Gasteiger partial charge in [-0.2, -0.15) is 0 Å². The number of hydrogen-bond acceptors (Lipinski definition) is 2. The number of benzene rings is 1. The fourth-order valence-corrected chi connectivity index (χ4v) is 5.12. The maximum atomic E-state index is 6.99. The van der Waals surface area contributed by atoms with Gasteiger partial charge in [0, 0.05) is 11.7 Å². The van der Waals surface area contributed by atoms with Gasteiger partial charge in [-0.25, -0.2) is 0 Å². The summed E-state index contributed by atoms with van der Waals surface area (Å²) in [6.45, 7) is 16.1. The molecule has 0 heterocycles. The lowest BCUT2D eigenvalue weighted by Crippen LogP contribution is -2.57. The first-order chi connectivity index (χ1) is 12.5. The summed E-state index contributed by atoms with van der Waals surface area (Å²) >= 11 is 0. The largest absolute Gasteiger partial charge is 0.399 e. The maximum absolute atomic E-state index is 6.99. The van der Waals surface area contributed by atoms with Crippen LogP contribution in [0.5, 0.6) is 0 Å². The molecule has 1 aromatic rings. The fraction of sp³-hybridized carbons (Fsp3) is 0.417. The molecule has 1 aromatic carbocycles. The Morgan fingerprint density at radius 1 is 0.808 bits per heavy atom. The van der Waals surface area contributed by atoms with Crippen molar-refractivity contribution in [3.05, 3.63) is 80.4 Å². The van der Waals surface area contributed by atoms with Gasteiger partial charge >= 0.3 is 0 Å². The molecule has 0 spiro atoms. The summed E-state index contributed by atoms with van der Waals surface area (Å²) in [5.41, 5.74) is 14.9. The molecule has 1 saturated carbocycles. The average molecular weight is 351 g/mol. The predicted molar refractivity (Wildman–Crippen MR) is 115 cm³/mol. The molecular formula is C24H34N2. The number of nitrogen functional groups attached to an aromatic ring is 1. The molecule has 0 aromatic heterocycles. The zero-order valence-corrected chi connectivity index (χ0v) is 16.0. The summed E-state index contributed by atoms with van der Waals surface area (Å²) < 4.78 is 0. The van der Waals surface area contributed by atoms with E-state index in [1.165, 1.54) is 5.56 Å². The lowest BCUT2D eigenvalue weighted by molar-refractivity contribution is 0.0155. The van der Waals surface area contributed by atoms with Crippen molar-refractivity contribution in [3.63, 3.8) is 0 Å². The van der Waals surface area contributed by atoms with Crippen LogP contribution in [0, 0.1) is 10.8 Å². The fourth-order valence-electron chi connectivity index (χ4n) is 5.12. The van der Waals surface area contributed by atoms with Crippen LogP contribution in [0.4, 0.5) is 5.69 Å². The second kappa shape index (κ2) is 8.55. The molecule has 1 fully saturated rings. The SMILES string of the molecule is C=CCC1(CC=C)CC(c2ccc(N)cc2)CC(CC=C)(CC=C)C1N. The van der Waals surface area contributed by atoms with Crippen LogP contribution in [0.2, 0.25) is 0 Å². The second-order valence-electron chi connectivity index (χ2n) is 7.95. The molecule has 0 unspecified atom stereocenters. The van der Waals surface area contributed by atoms with Gasteiger partial charge in [0.2, 0.25) is 0 Å². The van der Waals surface area contributed by atoms with Crippen molar-refractivity contribution in [2.45, 2.75) is 50.5 Å². The van der Waals surface area contributed by atoms with E-state index in [1.807, 2.05) is 36.4 Å². The van der Waals surface area contributed by atoms with Crippen LogP contribution in [-0.2, 0) is 0 Å². The van der Waals surface area contributed by atoms with Gasteiger partial charge in [0.25, 0.3) is 0 Å². The molecule has 2 rings (SSSR count). The van der Waals surface area contributed by atoms with Crippen molar-refractivity contribution in [1.82, 2.24) is 0 Å². The Hall–Kier alpha value is -2.06. The minimum Gasteiger partial charge on any atom is -0.399 e. The van der Waals surface area contributed by atoms with Crippen molar-refractivity contribution in [2.24, 2.45) is 16.6 Å². The van der Waals surface area contributed by atoms with Gasteiger partial charge in [-0.15, -0.1) is 26.3 Å². The highest BCUT2D eigenvalue weighted by Crippen LogP contribution is 2.57. The first kappa shape index (κ1) is 20.3. The molecule has 0 radical (unpaired) electrons. The molecule has 0 aliphatic heterocycles. The Balaban J connectivity index is 2.55. The van der Waals surface area contributed by atoms with Crippen LogP contribution >= 0.6 is 0 Å². The lowest BCUT2D eigenvalue weighted by Gasteiger charge is -2.56. The van der Waals surface area contributed by atoms with E-state index in [0.717, 1.165) is 44.2 Å². The second-order valence-corrected chi connectivity index (χ2v) is 7.95.